The highest BCUT2D eigenvalue weighted by molar-refractivity contribution is 7.11. The Hall–Kier alpha value is -1.00. The summed E-state index contributed by atoms with van der Waals surface area (Å²) in [5, 5.41) is 2.03. The second-order valence-corrected chi connectivity index (χ2v) is 4.79. The summed E-state index contributed by atoms with van der Waals surface area (Å²) in [5.41, 5.74) is 1.69. The average molecular weight is 223 g/mol. The zero-order valence-electron chi connectivity index (χ0n) is 7.47. The molecule has 2 nitrogen and oxygen atoms in total. The Bertz CT molecular complexity index is 392. The Balaban J connectivity index is 1.90. The first-order valence-corrected chi connectivity index (χ1v) is 6.06. The van der Waals surface area contributed by atoms with Crippen LogP contribution in [0.25, 0.3) is 0 Å². The maximum Gasteiger partial charge on any atom is 0.174 e. The number of rotatable bonds is 4. The largest absolute Gasteiger partial charge is 0.293 e. The van der Waals surface area contributed by atoms with E-state index in [4.69, 9.17) is 0 Å². The van der Waals surface area contributed by atoms with Crippen LogP contribution in [0.4, 0.5) is 0 Å². The number of hydrogen-bond donors (Lipinski definition) is 0. The van der Waals surface area contributed by atoms with Crippen molar-refractivity contribution in [1.29, 1.82) is 0 Å². The van der Waals surface area contributed by atoms with Crippen molar-refractivity contribution in [2.45, 2.75) is 12.8 Å². The number of Topliss-reactive ketones (excluding diaryl/α,β-unsaturated/α-hetero) is 1. The van der Waals surface area contributed by atoms with Gasteiger partial charge in [0.2, 0.25) is 0 Å². The summed E-state index contributed by atoms with van der Waals surface area (Å²) in [6.45, 7) is 0. The zero-order valence-corrected chi connectivity index (χ0v) is 9.11. The third kappa shape index (κ3) is 2.27. The molecule has 0 saturated carbocycles. The molecule has 2 rings (SSSR count). The molecule has 4 heteroatoms. The van der Waals surface area contributed by atoms with Crippen LogP contribution >= 0.6 is 22.7 Å². The molecule has 0 bridgehead atoms. The van der Waals surface area contributed by atoms with Crippen LogP contribution in [0.2, 0.25) is 0 Å². The Morgan fingerprint density at radius 3 is 3.00 bits per heavy atom. The van der Waals surface area contributed by atoms with Crippen molar-refractivity contribution < 1.29 is 4.79 Å². The first kappa shape index (κ1) is 9.55. The molecule has 0 atom stereocenters. The molecular formula is C10H9NOS2. The second-order valence-electron chi connectivity index (χ2n) is 2.87. The number of hydrogen-bond acceptors (Lipinski definition) is 4. The third-order valence-electron chi connectivity index (χ3n) is 1.89. The lowest BCUT2D eigenvalue weighted by Crippen LogP contribution is -1.97. The maximum absolute atomic E-state index is 11.6. The van der Waals surface area contributed by atoms with Crippen LogP contribution in [0.1, 0.15) is 21.0 Å². The smallest absolute Gasteiger partial charge is 0.174 e. The third-order valence-corrected chi connectivity index (χ3v) is 3.64. The van der Waals surface area contributed by atoms with E-state index in [2.05, 4.69) is 11.1 Å². The molecule has 0 radical (unpaired) electrons. The summed E-state index contributed by atoms with van der Waals surface area (Å²) in [6.07, 6.45) is 3.07. The lowest BCUT2D eigenvalue weighted by Gasteiger charge is -1.94. The number of thiazole rings is 1. The van der Waals surface area contributed by atoms with E-state index in [-0.39, 0.29) is 5.78 Å². The van der Waals surface area contributed by atoms with Crippen LogP contribution in [0.3, 0.4) is 0 Å². The SMILES string of the molecule is O=C(CCc1cccs1)c1cncs1. The topological polar surface area (TPSA) is 30.0 Å². The predicted molar refractivity (Wildman–Crippen MR) is 59.1 cm³/mol. The summed E-state index contributed by atoms with van der Waals surface area (Å²) in [4.78, 5) is 17.5. The van der Waals surface area contributed by atoms with Crippen molar-refractivity contribution in [2.24, 2.45) is 0 Å². The van der Waals surface area contributed by atoms with E-state index in [1.165, 1.54) is 16.2 Å². The van der Waals surface area contributed by atoms with Gasteiger partial charge >= 0.3 is 0 Å². The average Bonchev–Trinajstić information content (AvgIpc) is 2.87. The van der Waals surface area contributed by atoms with Gasteiger partial charge in [0.15, 0.2) is 5.78 Å². The van der Waals surface area contributed by atoms with Crippen LogP contribution in [0, 0.1) is 0 Å². The molecular weight excluding hydrogens is 214 g/mol. The van der Waals surface area contributed by atoms with Crippen molar-refractivity contribution in [2.75, 3.05) is 0 Å². The standard InChI is InChI=1S/C10H9NOS2/c12-9(10-6-11-7-14-10)4-3-8-2-1-5-13-8/h1-2,5-7H,3-4H2. The fourth-order valence-corrected chi connectivity index (χ4v) is 2.47. The van der Waals surface area contributed by atoms with E-state index < -0.39 is 0 Å². The van der Waals surface area contributed by atoms with E-state index in [1.54, 1.807) is 23.0 Å². The number of carbonyl (C=O) groups is 1. The number of carbonyl (C=O) groups excluding carboxylic acids is 1. The molecule has 0 aromatic carbocycles. The minimum absolute atomic E-state index is 0.195. The molecule has 2 aromatic rings. The van der Waals surface area contributed by atoms with Gasteiger partial charge in [-0.1, -0.05) is 6.07 Å². The summed E-state index contributed by atoms with van der Waals surface area (Å²) in [7, 11) is 0. The van der Waals surface area contributed by atoms with E-state index in [1.807, 2.05) is 11.4 Å². The van der Waals surface area contributed by atoms with Crippen molar-refractivity contribution in [3.8, 4) is 0 Å². The summed E-state index contributed by atoms with van der Waals surface area (Å²) in [6, 6.07) is 4.07. The Morgan fingerprint density at radius 2 is 2.36 bits per heavy atom. The van der Waals surface area contributed by atoms with Gasteiger partial charge in [-0.3, -0.25) is 9.78 Å². The van der Waals surface area contributed by atoms with Gasteiger partial charge in [-0.25, -0.2) is 0 Å². The first-order valence-electron chi connectivity index (χ1n) is 4.30. The number of ketones is 1. The highest BCUT2D eigenvalue weighted by Crippen LogP contribution is 2.14. The molecule has 0 saturated heterocycles. The Labute approximate surface area is 90.2 Å². The van der Waals surface area contributed by atoms with E-state index >= 15 is 0 Å². The number of thiophene rings is 1. The normalized spacial score (nSPS) is 10.3. The number of nitrogens with zero attached hydrogens (tertiary/aromatic N) is 1. The van der Waals surface area contributed by atoms with Crippen LogP contribution in [-0.2, 0) is 6.42 Å². The fraction of sp³-hybridized carbons (Fsp3) is 0.200. The van der Waals surface area contributed by atoms with Gasteiger partial charge in [-0.2, -0.15) is 0 Å². The van der Waals surface area contributed by atoms with Gasteiger partial charge in [-0.05, 0) is 17.9 Å². The summed E-state index contributed by atoms with van der Waals surface area (Å²) < 4.78 is 0. The monoisotopic (exact) mass is 223 g/mol. The van der Waals surface area contributed by atoms with Gasteiger partial charge in [0, 0.05) is 17.5 Å². The number of aryl methyl sites for hydroxylation is 1. The Morgan fingerprint density at radius 1 is 1.43 bits per heavy atom. The quantitative estimate of drug-likeness (QED) is 0.746. The van der Waals surface area contributed by atoms with Gasteiger partial charge < -0.3 is 0 Å². The molecule has 0 fully saturated rings. The summed E-state index contributed by atoms with van der Waals surface area (Å²) in [5.74, 6) is 0.195. The van der Waals surface area contributed by atoms with E-state index in [0.717, 1.165) is 11.3 Å². The molecule has 0 aliphatic rings. The molecule has 14 heavy (non-hydrogen) atoms. The predicted octanol–water partition coefficient (Wildman–Crippen LogP) is 3.02. The molecule has 0 aliphatic heterocycles. The van der Waals surface area contributed by atoms with Crippen molar-refractivity contribution in [3.63, 3.8) is 0 Å². The van der Waals surface area contributed by atoms with E-state index in [0.29, 0.717) is 6.42 Å². The fourth-order valence-electron chi connectivity index (χ4n) is 1.17. The minimum atomic E-state index is 0.195. The lowest BCUT2D eigenvalue weighted by molar-refractivity contribution is 0.0987. The molecule has 0 aliphatic carbocycles. The van der Waals surface area contributed by atoms with Gasteiger partial charge in [0.1, 0.15) is 0 Å². The molecule has 72 valence electrons. The molecule has 0 amide bonds. The number of aromatic nitrogens is 1. The van der Waals surface area contributed by atoms with Crippen LogP contribution < -0.4 is 0 Å². The lowest BCUT2D eigenvalue weighted by atomic mass is 10.2. The van der Waals surface area contributed by atoms with Crippen LogP contribution in [0.15, 0.2) is 29.2 Å². The highest BCUT2D eigenvalue weighted by Gasteiger charge is 2.07. The zero-order chi connectivity index (χ0) is 9.80. The van der Waals surface area contributed by atoms with Crippen molar-refractivity contribution in [3.05, 3.63) is 39.0 Å². The molecule has 0 spiro atoms. The maximum atomic E-state index is 11.6. The highest BCUT2D eigenvalue weighted by atomic mass is 32.1. The van der Waals surface area contributed by atoms with Gasteiger partial charge in [0.25, 0.3) is 0 Å². The molecule has 2 heterocycles. The minimum Gasteiger partial charge on any atom is -0.293 e. The van der Waals surface area contributed by atoms with Crippen LogP contribution in [0.5, 0.6) is 0 Å². The van der Waals surface area contributed by atoms with E-state index in [9.17, 15) is 4.79 Å². The van der Waals surface area contributed by atoms with Gasteiger partial charge in [-0.15, -0.1) is 22.7 Å². The Kier molecular flexibility index (Phi) is 3.06. The summed E-state index contributed by atoms with van der Waals surface area (Å²) >= 11 is 3.11. The second kappa shape index (κ2) is 4.48. The van der Waals surface area contributed by atoms with Crippen LogP contribution in [-0.4, -0.2) is 10.8 Å². The molecule has 2 aromatic heterocycles. The van der Waals surface area contributed by atoms with Crippen molar-refractivity contribution in [1.82, 2.24) is 4.98 Å². The van der Waals surface area contributed by atoms with Gasteiger partial charge in [0.05, 0.1) is 10.4 Å². The first-order chi connectivity index (χ1) is 6.86. The van der Waals surface area contributed by atoms with Crippen molar-refractivity contribution >= 4 is 28.5 Å². The molecule has 0 unspecified atom stereocenters. The molecule has 0 N–H and O–H groups in total.